The number of nitrogens with zero attached hydrogens (tertiary/aromatic N) is 5. The van der Waals surface area contributed by atoms with Crippen LogP contribution in [0.2, 0.25) is 0 Å². The van der Waals surface area contributed by atoms with Crippen molar-refractivity contribution in [2.24, 2.45) is 5.92 Å². The molecule has 2 saturated heterocycles. The first-order valence-electron chi connectivity index (χ1n) is 9.78. The van der Waals surface area contributed by atoms with E-state index < -0.39 is 0 Å². The highest BCUT2D eigenvalue weighted by Crippen LogP contribution is 2.35. The van der Waals surface area contributed by atoms with E-state index >= 15 is 0 Å². The van der Waals surface area contributed by atoms with Crippen LogP contribution in [0.4, 0.5) is 0 Å². The molecule has 3 aliphatic rings. The predicted octanol–water partition coefficient (Wildman–Crippen LogP) is 0.818. The Labute approximate surface area is 154 Å². The third-order valence-corrected chi connectivity index (χ3v) is 6.41. The minimum Gasteiger partial charge on any atom is -0.342 e. The summed E-state index contributed by atoms with van der Waals surface area (Å²) in [6, 6.07) is 0. The lowest BCUT2D eigenvalue weighted by Crippen LogP contribution is -2.62. The number of likely N-dealkylation sites (N-methyl/N-ethyl adjacent to an activating group) is 1. The van der Waals surface area contributed by atoms with Crippen LogP contribution in [0.25, 0.3) is 0 Å². The summed E-state index contributed by atoms with van der Waals surface area (Å²) in [5.41, 5.74) is -0.0726. The summed E-state index contributed by atoms with van der Waals surface area (Å²) in [6.07, 6.45) is 10.1. The lowest BCUT2D eigenvalue weighted by atomic mass is 9.86. The fraction of sp³-hybridized carbons (Fsp3) is 0.737. The van der Waals surface area contributed by atoms with Gasteiger partial charge in [0, 0.05) is 57.1 Å². The number of carbonyl (C=O) groups is 2. The maximum atomic E-state index is 12.7. The van der Waals surface area contributed by atoms with E-state index in [9.17, 15) is 9.59 Å². The number of imidazole rings is 1. The lowest BCUT2D eigenvalue weighted by molar-refractivity contribution is -0.137. The highest BCUT2D eigenvalue weighted by Gasteiger charge is 2.43. The first kappa shape index (κ1) is 17.5. The molecule has 0 aromatic carbocycles. The Morgan fingerprint density at radius 3 is 2.85 bits per heavy atom. The van der Waals surface area contributed by atoms with Crippen LogP contribution >= 0.6 is 0 Å². The molecule has 3 fully saturated rings. The SMILES string of the molecule is CN1CCN(C(=O)Cn2ccnc2)CC12CCC(=O)N(CC1CC1)CC2. The first-order valence-corrected chi connectivity index (χ1v) is 9.78. The van der Waals surface area contributed by atoms with E-state index in [0.717, 1.165) is 51.5 Å². The topological polar surface area (TPSA) is 61.7 Å². The van der Waals surface area contributed by atoms with Gasteiger partial charge in [0.25, 0.3) is 0 Å². The number of piperazine rings is 1. The van der Waals surface area contributed by atoms with Crippen molar-refractivity contribution in [1.82, 2.24) is 24.3 Å². The largest absolute Gasteiger partial charge is 0.342 e. The number of hydrogen-bond donors (Lipinski definition) is 0. The second-order valence-corrected chi connectivity index (χ2v) is 8.23. The van der Waals surface area contributed by atoms with E-state index in [-0.39, 0.29) is 11.4 Å². The van der Waals surface area contributed by atoms with E-state index in [1.165, 1.54) is 12.8 Å². The molecule has 4 rings (SSSR count). The molecule has 0 bridgehead atoms. The number of carbonyl (C=O) groups excluding carboxylic acids is 2. The fourth-order valence-corrected chi connectivity index (χ4v) is 4.35. The normalized spacial score (nSPS) is 27.8. The molecule has 2 aliphatic heterocycles. The molecule has 7 heteroatoms. The Kier molecular flexibility index (Phi) is 4.73. The monoisotopic (exact) mass is 359 g/mol. The van der Waals surface area contributed by atoms with E-state index in [2.05, 4.69) is 21.8 Å². The van der Waals surface area contributed by atoms with Crippen molar-refractivity contribution in [3.8, 4) is 0 Å². The Balaban J connectivity index is 1.43. The molecule has 1 aromatic rings. The Hall–Kier alpha value is -1.89. The molecule has 142 valence electrons. The van der Waals surface area contributed by atoms with Crippen molar-refractivity contribution >= 4 is 11.8 Å². The summed E-state index contributed by atoms with van der Waals surface area (Å²) in [7, 11) is 2.15. The van der Waals surface area contributed by atoms with Crippen LogP contribution in [0, 0.1) is 5.92 Å². The third-order valence-electron chi connectivity index (χ3n) is 6.41. The van der Waals surface area contributed by atoms with E-state index in [1.807, 2.05) is 15.7 Å². The molecule has 1 spiro atoms. The molecule has 1 aliphatic carbocycles. The smallest absolute Gasteiger partial charge is 0.242 e. The zero-order chi connectivity index (χ0) is 18.1. The molecule has 0 radical (unpaired) electrons. The van der Waals surface area contributed by atoms with Crippen molar-refractivity contribution in [1.29, 1.82) is 0 Å². The van der Waals surface area contributed by atoms with Gasteiger partial charge in [-0.1, -0.05) is 0 Å². The van der Waals surface area contributed by atoms with Crippen LogP contribution in [0.5, 0.6) is 0 Å². The van der Waals surface area contributed by atoms with Gasteiger partial charge in [-0.3, -0.25) is 14.5 Å². The van der Waals surface area contributed by atoms with Gasteiger partial charge in [0.05, 0.1) is 6.33 Å². The van der Waals surface area contributed by atoms with Gasteiger partial charge in [0.15, 0.2) is 0 Å². The maximum Gasteiger partial charge on any atom is 0.242 e. The van der Waals surface area contributed by atoms with Crippen LogP contribution in [0.15, 0.2) is 18.7 Å². The number of amides is 2. The number of aromatic nitrogens is 2. The summed E-state index contributed by atoms with van der Waals surface area (Å²) >= 11 is 0. The van der Waals surface area contributed by atoms with Crippen LogP contribution in [0.3, 0.4) is 0 Å². The summed E-state index contributed by atoms with van der Waals surface area (Å²) < 4.78 is 1.82. The Bertz CT molecular complexity index is 657. The quantitative estimate of drug-likeness (QED) is 0.799. The fourth-order valence-electron chi connectivity index (χ4n) is 4.35. The molecule has 2 amide bonds. The van der Waals surface area contributed by atoms with E-state index in [4.69, 9.17) is 0 Å². The zero-order valence-corrected chi connectivity index (χ0v) is 15.6. The number of likely N-dealkylation sites (tertiary alicyclic amines) is 1. The second-order valence-electron chi connectivity index (χ2n) is 8.23. The molecule has 1 unspecified atom stereocenters. The lowest BCUT2D eigenvalue weighted by Gasteiger charge is -2.49. The van der Waals surface area contributed by atoms with Crippen molar-refractivity contribution in [3.05, 3.63) is 18.7 Å². The molecule has 26 heavy (non-hydrogen) atoms. The van der Waals surface area contributed by atoms with Gasteiger partial charge in [-0.05, 0) is 38.6 Å². The third kappa shape index (κ3) is 3.63. The molecule has 1 atom stereocenters. The minimum absolute atomic E-state index is 0.0726. The molecular weight excluding hydrogens is 330 g/mol. The molecular formula is C19H29N5O2. The highest BCUT2D eigenvalue weighted by molar-refractivity contribution is 5.77. The predicted molar refractivity (Wildman–Crippen MR) is 97.3 cm³/mol. The van der Waals surface area contributed by atoms with Crippen LogP contribution < -0.4 is 0 Å². The van der Waals surface area contributed by atoms with Gasteiger partial charge < -0.3 is 14.4 Å². The van der Waals surface area contributed by atoms with Gasteiger partial charge >= 0.3 is 0 Å². The van der Waals surface area contributed by atoms with Crippen LogP contribution in [-0.2, 0) is 16.1 Å². The Morgan fingerprint density at radius 2 is 2.12 bits per heavy atom. The number of hydrogen-bond acceptors (Lipinski definition) is 4. The number of rotatable bonds is 4. The Morgan fingerprint density at radius 1 is 1.27 bits per heavy atom. The van der Waals surface area contributed by atoms with Gasteiger partial charge in [0.2, 0.25) is 11.8 Å². The first-order chi connectivity index (χ1) is 12.6. The summed E-state index contributed by atoms with van der Waals surface area (Å²) in [5.74, 6) is 1.16. The summed E-state index contributed by atoms with van der Waals surface area (Å²) in [5, 5.41) is 0. The molecule has 0 N–H and O–H groups in total. The molecule has 1 aromatic heterocycles. The van der Waals surface area contributed by atoms with Gasteiger partial charge in [-0.2, -0.15) is 0 Å². The van der Waals surface area contributed by atoms with E-state index in [0.29, 0.717) is 18.9 Å². The standard InChI is InChI=1S/C19H29N5O2/c1-21-10-11-24(18(26)13-22-9-7-20-15-22)14-19(21)5-4-17(25)23(8-6-19)12-16-2-3-16/h7,9,15-16H,2-6,8,10-14H2,1H3. The zero-order valence-electron chi connectivity index (χ0n) is 15.6. The van der Waals surface area contributed by atoms with Crippen LogP contribution in [-0.4, -0.2) is 81.4 Å². The molecule has 1 saturated carbocycles. The van der Waals surface area contributed by atoms with Crippen LogP contribution in [0.1, 0.15) is 32.1 Å². The average Bonchev–Trinajstić information content (AvgIpc) is 3.34. The maximum absolute atomic E-state index is 12.7. The van der Waals surface area contributed by atoms with Crippen molar-refractivity contribution in [2.75, 3.05) is 39.8 Å². The molecule has 7 nitrogen and oxygen atoms in total. The minimum atomic E-state index is -0.0726. The highest BCUT2D eigenvalue weighted by atomic mass is 16.2. The average molecular weight is 359 g/mol. The molecule has 3 heterocycles. The summed E-state index contributed by atoms with van der Waals surface area (Å²) in [6.45, 7) is 4.44. The van der Waals surface area contributed by atoms with Gasteiger partial charge in [0.1, 0.15) is 6.54 Å². The van der Waals surface area contributed by atoms with Crippen molar-refractivity contribution < 1.29 is 9.59 Å². The van der Waals surface area contributed by atoms with Crippen molar-refractivity contribution in [3.63, 3.8) is 0 Å². The summed E-state index contributed by atoms with van der Waals surface area (Å²) in [4.78, 5) is 35.8. The van der Waals surface area contributed by atoms with E-state index in [1.54, 1.807) is 12.5 Å². The van der Waals surface area contributed by atoms with Crippen molar-refractivity contribution in [2.45, 2.75) is 44.2 Å². The second kappa shape index (κ2) is 7.02. The van der Waals surface area contributed by atoms with Gasteiger partial charge in [-0.15, -0.1) is 0 Å². The van der Waals surface area contributed by atoms with Gasteiger partial charge in [-0.25, -0.2) is 4.98 Å².